The van der Waals surface area contributed by atoms with Crippen LogP contribution in [0.3, 0.4) is 0 Å². The second-order valence-corrected chi connectivity index (χ2v) is 8.30. The van der Waals surface area contributed by atoms with Crippen molar-refractivity contribution in [2.75, 3.05) is 26.2 Å². The molecule has 1 unspecified atom stereocenters. The molecule has 31 heavy (non-hydrogen) atoms. The van der Waals surface area contributed by atoms with Crippen LogP contribution in [-0.2, 0) is 4.79 Å². The molecule has 0 bridgehead atoms. The molecule has 1 atom stereocenters. The molecule has 0 radical (unpaired) electrons. The van der Waals surface area contributed by atoms with Crippen LogP contribution in [0.2, 0.25) is 5.02 Å². The van der Waals surface area contributed by atoms with E-state index in [4.69, 9.17) is 21.3 Å². The van der Waals surface area contributed by atoms with Gasteiger partial charge in [0.1, 0.15) is 11.9 Å². The highest BCUT2D eigenvalue weighted by molar-refractivity contribution is 14.0. The van der Waals surface area contributed by atoms with Gasteiger partial charge in [0.2, 0.25) is 5.91 Å². The third-order valence-electron chi connectivity index (χ3n) is 5.48. The fourth-order valence-electron chi connectivity index (χ4n) is 3.66. The summed E-state index contributed by atoms with van der Waals surface area (Å²) in [7, 11) is 0. The number of guanidine groups is 1. The van der Waals surface area contributed by atoms with E-state index < -0.39 is 0 Å². The maximum atomic E-state index is 12.6. The molecule has 1 aliphatic rings. The monoisotopic (exact) mass is 564 g/mol. The lowest BCUT2D eigenvalue weighted by Crippen LogP contribution is -2.50. The average molecular weight is 565 g/mol. The van der Waals surface area contributed by atoms with E-state index in [0.717, 1.165) is 57.0 Å². The number of halogens is 2. The first-order valence-corrected chi connectivity index (χ1v) is 11.6. The van der Waals surface area contributed by atoms with Crippen LogP contribution in [0.5, 0.6) is 5.75 Å². The number of likely N-dealkylation sites (tertiary alicyclic amines) is 1. The Kier molecular flexibility index (Phi) is 13.3. The van der Waals surface area contributed by atoms with Gasteiger partial charge in [0.05, 0.1) is 6.54 Å². The molecule has 1 aromatic carbocycles. The molecule has 2 N–H and O–H groups in total. The summed E-state index contributed by atoms with van der Waals surface area (Å²) in [5.41, 5.74) is 0. The van der Waals surface area contributed by atoms with Crippen molar-refractivity contribution in [3.63, 3.8) is 0 Å². The molecule has 1 saturated heterocycles. The van der Waals surface area contributed by atoms with Crippen LogP contribution in [0, 0.1) is 5.92 Å². The zero-order chi connectivity index (χ0) is 21.9. The van der Waals surface area contributed by atoms with Gasteiger partial charge in [-0.1, -0.05) is 25.4 Å². The molecule has 2 rings (SSSR count). The van der Waals surface area contributed by atoms with E-state index in [0.29, 0.717) is 23.5 Å². The van der Waals surface area contributed by atoms with Crippen molar-refractivity contribution in [3.05, 3.63) is 29.3 Å². The molecule has 176 valence electrons. The highest BCUT2D eigenvalue weighted by Gasteiger charge is 2.26. The van der Waals surface area contributed by atoms with Gasteiger partial charge in [-0.3, -0.25) is 4.79 Å². The molecule has 0 spiro atoms. The molecule has 0 aromatic heterocycles. The van der Waals surface area contributed by atoms with Crippen LogP contribution in [0.4, 0.5) is 0 Å². The summed E-state index contributed by atoms with van der Waals surface area (Å²) in [5.74, 6) is 2.06. The van der Waals surface area contributed by atoms with Gasteiger partial charge in [-0.2, -0.15) is 0 Å². The van der Waals surface area contributed by atoms with Crippen molar-refractivity contribution in [3.8, 4) is 5.75 Å². The van der Waals surface area contributed by atoms with Crippen LogP contribution in [0.25, 0.3) is 0 Å². The van der Waals surface area contributed by atoms with Gasteiger partial charge >= 0.3 is 0 Å². The van der Waals surface area contributed by atoms with E-state index >= 15 is 0 Å². The molecule has 0 aliphatic carbocycles. The highest BCUT2D eigenvalue weighted by Crippen LogP contribution is 2.18. The van der Waals surface area contributed by atoms with E-state index in [2.05, 4.69) is 31.4 Å². The number of rotatable bonds is 9. The largest absolute Gasteiger partial charge is 0.489 e. The minimum Gasteiger partial charge on any atom is -0.489 e. The van der Waals surface area contributed by atoms with E-state index in [1.54, 1.807) is 0 Å². The van der Waals surface area contributed by atoms with E-state index in [-0.39, 0.29) is 36.0 Å². The number of carbonyl (C=O) groups excluding carboxylic acids is 1. The Balaban J connectivity index is 0.00000480. The fraction of sp³-hybridized carbons (Fsp3) is 0.652. The average Bonchev–Trinajstić information content (AvgIpc) is 2.75. The Bertz CT molecular complexity index is 675. The number of nitrogens with one attached hydrogen (secondary N) is 2. The number of amides is 1. The standard InChI is InChI=1S/C23H37ClN4O2.HI/c1-5-18(6-2)22(29)28-14-12-20(13-15-28)27-23(25-7-3)26-16-17(4)30-21-10-8-19(24)9-11-21;/h8-11,17-18,20H,5-7,12-16H2,1-4H3,(H2,25,26,27);1H. The van der Waals surface area contributed by atoms with Crippen LogP contribution in [0.1, 0.15) is 53.4 Å². The molecule has 1 amide bonds. The third-order valence-corrected chi connectivity index (χ3v) is 5.74. The van der Waals surface area contributed by atoms with Crippen LogP contribution in [-0.4, -0.2) is 55.1 Å². The summed E-state index contributed by atoms with van der Waals surface area (Å²) in [5, 5.41) is 7.53. The zero-order valence-electron chi connectivity index (χ0n) is 19.2. The first-order valence-electron chi connectivity index (χ1n) is 11.2. The second kappa shape index (κ2) is 14.8. The topological polar surface area (TPSA) is 66.0 Å². The van der Waals surface area contributed by atoms with Gasteiger partial charge in [0, 0.05) is 36.6 Å². The number of hydrogen-bond acceptors (Lipinski definition) is 3. The molecule has 6 nitrogen and oxygen atoms in total. The molecular formula is C23H38ClIN4O2. The molecular weight excluding hydrogens is 527 g/mol. The second-order valence-electron chi connectivity index (χ2n) is 7.86. The number of benzene rings is 1. The summed E-state index contributed by atoms with van der Waals surface area (Å²) in [6.45, 7) is 11.2. The summed E-state index contributed by atoms with van der Waals surface area (Å²) >= 11 is 5.92. The van der Waals surface area contributed by atoms with Crippen LogP contribution in [0.15, 0.2) is 29.3 Å². The van der Waals surface area contributed by atoms with Gasteiger partial charge in [0.15, 0.2) is 5.96 Å². The summed E-state index contributed by atoms with van der Waals surface area (Å²) in [4.78, 5) is 19.3. The van der Waals surface area contributed by atoms with Crippen molar-refractivity contribution in [2.45, 2.75) is 65.5 Å². The lowest BCUT2D eigenvalue weighted by molar-refractivity contribution is -0.136. The first kappa shape index (κ1) is 27.8. The maximum Gasteiger partial charge on any atom is 0.225 e. The number of hydrogen-bond donors (Lipinski definition) is 2. The van der Waals surface area contributed by atoms with Gasteiger partial charge in [-0.05, 0) is 63.8 Å². The third kappa shape index (κ3) is 9.43. The highest BCUT2D eigenvalue weighted by atomic mass is 127. The predicted octanol–water partition coefficient (Wildman–Crippen LogP) is 4.71. The normalized spacial score (nSPS) is 15.9. The molecule has 1 aromatic rings. The predicted molar refractivity (Wildman–Crippen MR) is 140 cm³/mol. The van der Waals surface area contributed by atoms with Gasteiger partial charge in [-0.25, -0.2) is 4.99 Å². The Morgan fingerprint density at radius 2 is 1.81 bits per heavy atom. The molecule has 0 saturated carbocycles. The van der Waals surface area contributed by atoms with Crippen molar-refractivity contribution < 1.29 is 9.53 Å². The number of carbonyl (C=O) groups is 1. The minimum absolute atomic E-state index is 0. The number of piperidine rings is 1. The van der Waals surface area contributed by atoms with Crippen molar-refractivity contribution in [2.24, 2.45) is 10.9 Å². The minimum atomic E-state index is -0.0545. The summed E-state index contributed by atoms with van der Waals surface area (Å²) in [6, 6.07) is 7.68. The van der Waals surface area contributed by atoms with Gasteiger partial charge in [0.25, 0.3) is 0 Å². The fourth-order valence-corrected chi connectivity index (χ4v) is 3.78. The van der Waals surface area contributed by atoms with Gasteiger partial charge < -0.3 is 20.3 Å². The first-order chi connectivity index (χ1) is 14.5. The molecule has 1 fully saturated rings. The number of nitrogens with zero attached hydrogens (tertiary/aromatic N) is 2. The zero-order valence-corrected chi connectivity index (χ0v) is 22.3. The molecule has 8 heteroatoms. The molecule has 1 aliphatic heterocycles. The Morgan fingerprint density at radius 1 is 1.19 bits per heavy atom. The van der Waals surface area contributed by atoms with Gasteiger partial charge in [-0.15, -0.1) is 24.0 Å². The van der Waals surface area contributed by atoms with E-state index in [1.807, 2.05) is 36.1 Å². The van der Waals surface area contributed by atoms with Crippen molar-refractivity contribution >= 4 is 47.4 Å². The lowest BCUT2D eigenvalue weighted by atomic mass is 9.98. The smallest absolute Gasteiger partial charge is 0.225 e. The van der Waals surface area contributed by atoms with Crippen molar-refractivity contribution in [1.82, 2.24) is 15.5 Å². The summed E-state index contributed by atoms with van der Waals surface area (Å²) < 4.78 is 5.91. The van der Waals surface area contributed by atoms with Crippen LogP contribution >= 0.6 is 35.6 Å². The SMILES string of the molecule is CCNC(=NCC(C)Oc1ccc(Cl)cc1)NC1CCN(C(=O)C(CC)CC)CC1.I. The maximum absolute atomic E-state index is 12.6. The molecule has 1 heterocycles. The lowest BCUT2D eigenvalue weighted by Gasteiger charge is -2.35. The quantitative estimate of drug-likeness (QED) is 0.259. The van der Waals surface area contributed by atoms with Crippen molar-refractivity contribution in [1.29, 1.82) is 0 Å². The number of ether oxygens (including phenoxy) is 1. The van der Waals surface area contributed by atoms with E-state index in [9.17, 15) is 4.79 Å². The number of aliphatic imine (C=N–C) groups is 1. The summed E-state index contributed by atoms with van der Waals surface area (Å²) in [6.07, 6.45) is 3.66. The Morgan fingerprint density at radius 3 is 2.35 bits per heavy atom. The Labute approximate surface area is 209 Å². The van der Waals surface area contributed by atoms with Crippen LogP contribution < -0.4 is 15.4 Å². The Hall–Kier alpha value is -1.22. The van der Waals surface area contributed by atoms with E-state index in [1.165, 1.54) is 0 Å².